The Kier molecular flexibility index (Phi) is 4.37. The number of nitro groups is 1. The minimum absolute atomic E-state index is 0.0183. The molecule has 0 aliphatic carbocycles. The summed E-state index contributed by atoms with van der Waals surface area (Å²) in [6.45, 7) is 4.08. The number of nitrogens with zero attached hydrogens (tertiary/aromatic N) is 1. The lowest BCUT2D eigenvalue weighted by Gasteiger charge is -2.32. The largest absolute Gasteiger partial charge is 0.489 e. The van der Waals surface area contributed by atoms with E-state index in [9.17, 15) is 14.9 Å². The number of ketones is 1. The van der Waals surface area contributed by atoms with Gasteiger partial charge in [0.05, 0.1) is 16.4 Å². The van der Waals surface area contributed by atoms with Gasteiger partial charge in [-0.2, -0.15) is 0 Å². The predicted molar refractivity (Wildman–Crippen MR) is 75.1 cm³/mol. The van der Waals surface area contributed by atoms with Gasteiger partial charge in [-0.25, -0.2) is 0 Å². The molecular weight excluding hydrogens is 258 g/mol. The maximum atomic E-state index is 12.6. The second kappa shape index (κ2) is 6.03. The number of carbonyl (C=O) groups is 1. The summed E-state index contributed by atoms with van der Waals surface area (Å²) in [6.07, 6.45) is 3.31. The van der Waals surface area contributed by atoms with Gasteiger partial charge in [-0.15, -0.1) is 0 Å². The quantitative estimate of drug-likeness (QED) is 0.607. The lowest BCUT2D eigenvalue weighted by atomic mass is 9.84. The van der Waals surface area contributed by atoms with E-state index in [1.807, 2.05) is 6.92 Å². The first-order valence-electron chi connectivity index (χ1n) is 7.07. The standard InChI is InChI=1S/C15H19NO4/c1-3-5-11-13(6-4-2)20-14-8-7-10(16(18)19)9-12(14)15(11)17/h7-9,11,13H,3-6H2,1-2H3. The van der Waals surface area contributed by atoms with Gasteiger partial charge in [0, 0.05) is 12.1 Å². The highest BCUT2D eigenvalue weighted by Gasteiger charge is 2.36. The van der Waals surface area contributed by atoms with E-state index in [1.165, 1.54) is 18.2 Å². The fourth-order valence-corrected chi connectivity index (χ4v) is 2.71. The van der Waals surface area contributed by atoms with Gasteiger partial charge in [-0.05, 0) is 18.9 Å². The number of Topliss-reactive ketones (excluding diaryl/α,β-unsaturated/α-hetero) is 1. The zero-order valence-electron chi connectivity index (χ0n) is 11.8. The van der Waals surface area contributed by atoms with Gasteiger partial charge in [0.25, 0.3) is 5.69 Å². The molecule has 0 N–H and O–H groups in total. The third-order valence-electron chi connectivity index (χ3n) is 3.68. The number of rotatable bonds is 5. The van der Waals surface area contributed by atoms with Crippen molar-refractivity contribution in [1.29, 1.82) is 0 Å². The molecule has 1 heterocycles. The van der Waals surface area contributed by atoms with Crippen molar-refractivity contribution in [2.45, 2.75) is 45.6 Å². The Balaban J connectivity index is 2.38. The number of hydrogen-bond donors (Lipinski definition) is 0. The molecule has 0 radical (unpaired) electrons. The molecule has 2 atom stereocenters. The monoisotopic (exact) mass is 277 g/mol. The van der Waals surface area contributed by atoms with Gasteiger partial charge < -0.3 is 4.74 Å². The Morgan fingerprint density at radius 3 is 2.55 bits per heavy atom. The summed E-state index contributed by atoms with van der Waals surface area (Å²) < 4.78 is 5.90. The van der Waals surface area contributed by atoms with Crippen LogP contribution in [0.1, 0.15) is 49.9 Å². The second-order valence-corrected chi connectivity index (χ2v) is 5.14. The van der Waals surface area contributed by atoms with Gasteiger partial charge >= 0.3 is 0 Å². The van der Waals surface area contributed by atoms with E-state index < -0.39 is 4.92 Å². The van der Waals surface area contributed by atoms with Crippen LogP contribution in [-0.4, -0.2) is 16.8 Å². The molecule has 1 aromatic rings. The average Bonchev–Trinajstić information content (AvgIpc) is 2.43. The summed E-state index contributed by atoms with van der Waals surface area (Å²) in [7, 11) is 0. The van der Waals surface area contributed by atoms with E-state index in [4.69, 9.17) is 4.74 Å². The molecule has 1 aliphatic heterocycles. The number of carbonyl (C=O) groups excluding carboxylic acids is 1. The zero-order valence-corrected chi connectivity index (χ0v) is 11.8. The summed E-state index contributed by atoms with van der Waals surface area (Å²) in [4.78, 5) is 22.9. The van der Waals surface area contributed by atoms with Crippen molar-refractivity contribution in [1.82, 2.24) is 0 Å². The molecule has 1 aromatic carbocycles. The van der Waals surface area contributed by atoms with Crippen molar-refractivity contribution >= 4 is 11.5 Å². The van der Waals surface area contributed by atoms with Crippen molar-refractivity contribution in [3.8, 4) is 5.75 Å². The molecule has 20 heavy (non-hydrogen) atoms. The van der Waals surface area contributed by atoms with E-state index in [-0.39, 0.29) is 23.5 Å². The van der Waals surface area contributed by atoms with Crippen LogP contribution in [0, 0.1) is 16.0 Å². The van der Waals surface area contributed by atoms with Crippen molar-refractivity contribution in [3.05, 3.63) is 33.9 Å². The molecule has 0 aromatic heterocycles. The van der Waals surface area contributed by atoms with Crippen LogP contribution in [0.3, 0.4) is 0 Å². The van der Waals surface area contributed by atoms with E-state index in [2.05, 4.69) is 6.92 Å². The molecule has 2 unspecified atom stereocenters. The summed E-state index contributed by atoms with van der Waals surface area (Å²) in [6, 6.07) is 4.26. The van der Waals surface area contributed by atoms with Crippen molar-refractivity contribution in [2.24, 2.45) is 5.92 Å². The van der Waals surface area contributed by atoms with Gasteiger partial charge in [0.2, 0.25) is 0 Å². The molecule has 1 aliphatic rings. The van der Waals surface area contributed by atoms with Crippen LogP contribution >= 0.6 is 0 Å². The number of benzene rings is 1. The van der Waals surface area contributed by atoms with Gasteiger partial charge in [-0.3, -0.25) is 14.9 Å². The Labute approximate surface area is 118 Å². The molecular formula is C15H19NO4. The number of fused-ring (bicyclic) bond motifs is 1. The first-order chi connectivity index (χ1) is 9.58. The first-order valence-corrected chi connectivity index (χ1v) is 7.07. The van der Waals surface area contributed by atoms with Crippen LogP contribution in [0.15, 0.2) is 18.2 Å². The summed E-state index contributed by atoms with van der Waals surface area (Å²) in [5, 5.41) is 10.8. The number of hydrogen-bond acceptors (Lipinski definition) is 4. The van der Waals surface area contributed by atoms with E-state index in [0.29, 0.717) is 11.3 Å². The number of ether oxygens (including phenoxy) is 1. The lowest BCUT2D eigenvalue weighted by molar-refractivity contribution is -0.384. The van der Waals surface area contributed by atoms with Gasteiger partial charge in [0.15, 0.2) is 5.78 Å². The molecule has 108 valence electrons. The maximum absolute atomic E-state index is 12.6. The lowest BCUT2D eigenvalue weighted by Crippen LogP contribution is -2.37. The molecule has 0 fully saturated rings. The van der Waals surface area contributed by atoms with Crippen molar-refractivity contribution in [3.63, 3.8) is 0 Å². The highest BCUT2D eigenvalue weighted by Crippen LogP contribution is 2.36. The summed E-state index contributed by atoms with van der Waals surface area (Å²) in [5.74, 6) is 0.274. The molecule has 5 heteroatoms. The predicted octanol–water partition coefficient (Wildman–Crippen LogP) is 3.75. The fourth-order valence-electron chi connectivity index (χ4n) is 2.71. The zero-order chi connectivity index (χ0) is 14.7. The van der Waals surface area contributed by atoms with Gasteiger partial charge in [0.1, 0.15) is 11.9 Å². The first kappa shape index (κ1) is 14.5. The highest BCUT2D eigenvalue weighted by molar-refractivity contribution is 6.02. The van der Waals surface area contributed by atoms with Crippen LogP contribution in [0.5, 0.6) is 5.75 Å². The van der Waals surface area contributed by atoms with E-state index >= 15 is 0 Å². The van der Waals surface area contributed by atoms with Crippen LogP contribution in [-0.2, 0) is 0 Å². The Bertz CT molecular complexity index is 527. The van der Waals surface area contributed by atoms with Crippen LogP contribution < -0.4 is 4.74 Å². The van der Waals surface area contributed by atoms with Crippen LogP contribution in [0.25, 0.3) is 0 Å². The molecule has 0 amide bonds. The molecule has 5 nitrogen and oxygen atoms in total. The summed E-state index contributed by atoms with van der Waals surface area (Å²) in [5.41, 5.74) is 0.287. The maximum Gasteiger partial charge on any atom is 0.270 e. The molecule has 0 saturated heterocycles. The van der Waals surface area contributed by atoms with Crippen LogP contribution in [0.2, 0.25) is 0 Å². The Morgan fingerprint density at radius 2 is 1.95 bits per heavy atom. The van der Waals surface area contributed by atoms with Crippen molar-refractivity contribution in [2.75, 3.05) is 0 Å². The highest BCUT2D eigenvalue weighted by atomic mass is 16.6. The minimum atomic E-state index is -0.486. The van der Waals surface area contributed by atoms with E-state index in [0.717, 1.165) is 25.7 Å². The topological polar surface area (TPSA) is 69.4 Å². The van der Waals surface area contributed by atoms with E-state index in [1.54, 1.807) is 0 Å². The number of nitro benzene ring substituents is 1. The second-order valence-electron chi connectivity index (χ2n) is 5.14. The number of non-ortho nitro benzene ring substituents is 1. The third kappa shape index (κ3) is 2.66. The fraction of sp³-hybridized carbons (Fsp3) is 0.533. The average molecular weight is 277 g/mol. The third-order valence-corrected chi connectivity index (χ3v) is 3.68. The van der Waals surface area contributed by atoms with Crippen LogP contribution in [0.4, 0.5) is 5.69 Å². The molecule has 0 saturated carbocycles. The molecule has 0 bridgehead atoms. The van der Waals surface area contributed by atoms with Gasteiger partial charge in [-0.1, -0.05) is 26.7 Å². The Hall–Kier alpha value is -1.91. The smallest absolute Gasteiger partial charge is 0.270 e. The molecule has 0 spiro atoms. The van der Waals surface area contributed by atoms with Crippen molar-refractivity contribution < 1.29 is 14.5 Å². The molecule has 2 rings (SSSR count). The summed E-state index contributed by atoms with van der Waals surface area (Å²) >= 11 is 0. The minimum Gasteiger partial charge on any atom is -0.489 e. The Morgan fingerprint density at radius 1 is 1.25 bits per heavy atom. The SMILES string of the molecule is CCCC1Oc2ccc([N+](=O)[O-])cc2C(=O)C1CCC. The normalized spacial score (nSPS) is 21.2.